The highest BCUT2D eigenvalue weighted by Gasteiger charge is 2.11. The summed E-state index contributed by atoms with van der Waals surface area (Å²) in [5.41, 5.74) is 1.67. The Morgan fingerprint density at radius 3 is 2.83 bits per heavy atom. The number of aryl methyl sites for hydroxylation is 1. The summed E-state index contributed by atoms with van der Waals surface area (Å²) in [7, 11) is 1.94. The lowest BCUT2D eigenvalue weighted by atomic mass is 10.2. The standard InChI is InChI=1S/C17H18N4O2S/c1-4-9-23-14-7-5-13(6-8-14)11-20(3)17-19-21-15(22)10-12(2)18-16(21)24-17/h4-8,10H,1,9,11H2,2-3H3. The van der Waals surface area contributed by atoms with Gasteiger partial charge >= 0.3 is 0 Å². The molecule has 6 nitrogen and oxygen atoms in total. The van der Waals surface area contributed by atoms with Gasteiger partial charge in [0.25, 0.3) is 5.56 Å². The molecule has 2 aromatic heterocycles. The van der Waals surface area contributed by atoms with Gasteiger partial charge in [-0.05, 0) is 24.6 Å². The normalized spacial score (nSPS) is 10.8. The summed E-state index contributed by atoms with van der Waals surface area (Å²) < 4.78 is 6.82. The molecule has 2 heterocycles. The lowest BCUT2D eigenvalue weighted by Crippen LogP contribution is -2.18. The highest BCUT2D eigenvalue weighted by atomic mass is 32.1. The predicted molar refractivity (Wildman–Crippen MR) is 96.1 cm³/mol. The lowest BCUT2D eigenvalue weighted by Gasteiger charge is -2.15. The molecule has 0 radical (unpaired) electrons. The number of hydrogen-bond donors (Lipinski definition) is 0. The first-order chi connectivity index (χ1) is 11.6. The Bertz CT molecular complexity index is 914. The van der Waals surface area contributed by atoms with Crippen molar-refractivity contribution in [1.29, 1.82) is 0 Å². The smallest absolute Gasteiger partial charge is 0.275 e. The van der Waals surface area contributed by atoms with Gasteiger partial charge in [-0.2, -0.15) is 4.52 Å². The van der Waals surface area contributed by atoms with Crippen LogP contribution in [-0.2, 0) is 6.54 Å². The van der Waals surface area contributed by atoms with Crippen LogP contribution in [0.5, 0.6) is 5.75 Å². The number of aromatic nitrogens is 3. The molecule has 0 saturated heterocycles. The SMILES string of the molecule is C=CCOc1ccc(CN(C)c2nn3c(=O)cc(C)nc3s2)cc1. The van der Waals surface area contributed by atoms with Crippen LogP contribution < -0.4 is 15.2 Å². The van der Waals surface area contributed by atoms with Gasteiger partial charge in [0.15, 0.2) is 0 Å². The fraction of sp³-hybridized carbons (Fsp3) is 0.235. The molecule has 24 heavy (non-hydrogen) atoms. The molecule has 0 spiro atoms. The summed E-state index contributed by atoms with van der Waals surface area (Å²) in [5.74, 6) is 0.813. The second kappa shape index (κ2) is 6.84. The van der Waals surface area contributed by atoms with E-state index in [-0.39, 0.29) is 5.56 Å². The van der Waals surface area contributed by atoms with Crippen LogP contribution in [0.15, 0.2) is 47.8 Å². The first-order valence-corrected chi connectivity index (χ1v) is 8.30. The Morgan fingerprint density at radius 2 is 2.12 bits per heavy atom. The quantitative estimate of drug-likeness (QED) is 0.645. The van der Waals surface area contributed by atoms with Gasteiger partial charge in [0.05, 0.1) is 0 Å². The molecule has 0 bridgehead atoms. The molecular weight excluding hydrogens is 324 g/mol. The van der Waals surface area contributed by atoms with Crippen molar-refractivity contribution in [1.82, 2.24) is 14.6 Å². The van der Waals surface area contributed by atoms with Crippen LogP contribution in [0, 0.1) is 6.92 Å². The zero-order valence-corrected chi connectivity index (χ0v) is 14.4. The summed E-state index contributed by atoms with van der Waals surface area (Å²) in [6.07, 6.45) is 1.71. The Labute approximate surface area is 143 Å². The van der Waals surface area contributed by atoms with E-state index < -0.39 is 0 Å². The van der Waals surface area contributed by atoms with E-state index in [9.17, 15) is 4.79 Å². The minimum atomic E-state index is -0.155. The van der Waals surface area contributed by atoms with Crippen molar-refractivity contribution < 1.29 is 4.74 Å². The summed E-state index contributed by atoms with van der Waals surface area (Å²) in [4.78, 5) is 18.9. The highest BCUT2D eigenvalue weighted by molar-refractivity contribution is 7.20. The van der Waals surface area contributed by atoms with Crippen molar-refractivity contribution >= 4 is 21.4 Å². The third-order valence-electron chi connectivity index (χ3n) is 3.40. The molecule has 3 aromatic rings. The van der Waals surface area contributed by atoms with E-state index in [0.717, 1.165) is 16.4 Å². The van der Waals surface area contributed by atoms with Crippen LogP contribution in [0.1, 0.15) is 11.3 Å². The van der Waals surface area contributed by atoms with Crippen LogP contribution in [0.2, 0.25) is 0 Å². The topological polar surface area (TPSA) is 59.7 Å². The Morgan fingerprint density at radius 1 is 1.38 bits per heavy atom. The monoisotopic (exact) mass is 342 g/mol. The van der Waals surface area contributed by atoms with Crippen molar-refractivity contribution in [3.63, 3.8) is 0 Å². The van der Waals surface area contributed by atoms with Crippen LogP contribution in [0.25, 0.3) is 4.96 Å². The minimum absolute atomic E-state index is 0.155. The molecule has 1 aromatic carbocycles. The van der Waals surface area contributed by atoms with Gasteiger partial charge in [-0.1, -0.05) is 36.1 Å². The van der Waals surface area contributed by atoms with Crippen LogP contribution in [0.3, 0.4) is 0 Å². The Hall–Kier alpha value is -2.67. The largest absolute Gasteiger partial charge is 0.490 e. The minimum Gasteiger partial charge on any atom is -0.490 e. The van der Waals surface area contributed by atoms with Gasteiger partial charge in [0.2, 0.25) is 10.1 Å². The van der Waals surface area contributed by atoms with E-state index >= 15 is 0 Å². The molecule has 0 aliphatic heterocycles. The average molecular weight is 342 g/mol. The zero-order valence-electron chi connectivity index (χ0n) is 13.6. The van der Waals surface area contributed by atoms with Gasteiger partial charge < -0.3 is 9.64 Å². The maximum atomic E-state index is 11.9. The number of rotatable bonds is 6. The van der Waals surface area contributed by atoms with E-state index in [2.05, 4.69) is 16.7 Å². The molecule has 3 rings (SSSR count). The van der Waals surface area contributed by atoms with Crippen molar-refractivity contribution in [2.45, 2.75) is 13.5 Å². The molecule has 0 aliphatic carbocycles. The predicted octanol–water partition coefficient (Wildman–Crippen LogP) is 2.66. The summed E-state index contributed by atoms with van der Waals surface area (Å²) in [6, 6.07) is 9.37. The summed E-state index contributed by atoms with van der Waals surface area (Å²) >= 11 is 1.40. The molecule has 0 amide bonds. The number of anilines is 1. The van der Waals surface area contributed by atoms with Crippen LogP contribution in [-0.4, -0.2) is 28.3 Å². The van der Waals surface area contributed by atoms with Crippen molar-refractivity contribution in [3.8, 4) is 5.75 Å². The van der Waals surface area contributed by atoms with Gasteiger partial charge in [-0.25, -0.2) is 4.98 Å². The Kier molecular flexibility index (Phi) is 4.61. The van der Waals surface area contributed by atoms with Crippen molar-refractivity contribution in [2.75, 3.05) is 18.6 Å². The van der Waals surface area contributed by atoms with E-state index in [0.29, 0.717) is 23.8 Å². The number of fused-ring (bicyclic) bond motifs is 1. The van der Waals surface area contributed by atoms with E-state index in [1.807, 2.05) is 36.2 Å². The fourth-order valence-electron chi connectivity index (χ4n) is 2.25. The lowest BCUT2D eigenvalue weighted by molar-refractivity contribution is 0.363. The van der Waals surface area contributed by atoms with Crippen molar-refractivity contribution in [3.05, 3.63) is 64.6 Å². The second-order valence-electron chi connectivity index (χ2n) is 5.41. The molecule has 0 N–H and O–H groups in total. The number of benzene rings is 1. The molecule has 0 fully saturated rings. The van der Waals surface area contributed by atoms with Crippen molar-refractivity contribution in [2.24, 2.45) is 0 Å². The molecular formula is C17H18N4O2S. The molecule has 7 heteroatoms. The average Bonchev–Trinajstić information content (AvgIpc) is 2.98. The molecule has 0 saturated carbocycles. The first-order valence-electron chi connectivity index (χ1n) is 7.48. The maximum absolute atomic E-state index is 11.9. The zero-order chi connectivity index (χ0) is 17.1. The van der Waals surface area contributed by atoms with Gasteiger partial charge in [-0.15, -0.1) is 5.10 Å². The molecule has 124 valence electrons. The van der Waals surface area contributed by atoms with Crippen LogP contribution >= 0.6 is 11.3 Å². The third kappa shape index (κ3) is 3.46. The van der Waals surface area contributed by atoms with E-state index in [1.165, 1.54) is 21.9 Å². The Balaban J connectivity index is 1.77. The highest BCUT2D eigenvalue weighted by Crippen LogP contribution is 2.22. The molecule has 0 aliphatic rings. The van der Waals surface area contributed by atoms with Gasteiger partial charge in [-0.3, -0.25) is 4.79 Å². The fourth-order valence-corrected chi connectivity index (χ4v) is 3.17. The first kappa shape index (κ1) is 16.2. The summed E-state index contributed by atoms with van der Waals surface area (Å²) in [6.45, 7) is 6.60. The number of ether oxygens (including phenoxy) is 1. The second-order valence-corrected chi connectivity index (χ2v) is 6.35. The van der Waals surface area contributed by atoms with E-state index in [4.69, 9.17) is 4.74 Å². The van der Waals surface area contributed by atoms with E-state index in [1.54, 1.807) is 13.0 Å². The molecule has 0 unspecified atom stereocenters. The van der Waals surface area contributed by atoms with Gasteiger partial charge in [0.1, 0.15) is 12.4 Å². The maximum Gasteiger partial charge on any atom is 0.275 e. The van der Waals surface area contributed by atoms with Gasteiger partial charge in [0, 0.05) is 25.4 Å². The third-order valence-corrected chi connectivity index (χ3v) is 4.42. The molecule has 0 atom stereocenters. The number of nitrogens with zero attached hydrogens (tertiary/aromatic N) is 4. The van der Waals surface area contributed by atoms with Crippen LogP contribution in [0.4, 0.5) is 5.13 Å². The summed E-state index contributed by atoms with van der Waals surface area (Å²) in [5, 5.41) is 5.11. The number of hydrogen-bond acceptors (Lipinski definition) is 6.